The number of thioether (sulfide) groups is 1. The quantitative estimate of drug-likeness (QED) is 0.331. The summed E-state index contributed by atoms with van der Waals surface area (Å²) in [7, 11) is 0. The minimum absolute atomic E-state index is 0.428. The summed E-state index contributed by atoms with van der Waals surface area (Å²) < 4.78 is 11.3. The van der Waals surface area contributed by atoms with Gasteiger partial charge < -0.3 is 8.94 Å². The SMILES string of the molecule is Cc1onc(-c2ccccc2)c1-c1nnc(CSc2ccc3ccccc3c2)o1. The molecule has 2 aromatic heterocycles. The third-order valence-corrected chi connectivity index (χ3v) is 5.65. The number of benzene rings is 3. The van der Waals surface area contributed by atoms with E-state index in [9.17, 15) is 0 Å². The van der Waals surface area contributed by atoms with Crippen molar-refractivity contribution in [2.75, 3.05) is 0 Å². The number of aryl methyl sites for hydroxylation is 1. The van der Waals surface area contributed by atoms with Crippen LogP contribution in [-0.2, 0) is 5.75 Å². The Morgan fingerprint density at radius 3 is 2.52 bits per heavy atom. The number of hydrogen-bond donors (Lipinski definition) is 0. The molecule has 6 heteroatoms. The molecule has 0 amide bonds. The van der Waals surface area contributed by atoms with Gasteiger partial charge in [-0.2, -0.15) is 0 Å². The molecule has 0 aliphatic rings. The molecule has 0 N–H and O–H groups in total. The van der Waals surface area contributed by atoms with Crippen LogP contribution in [0.5, 0.6) is 0 Å². The van der Waals surface area contributed by atoms with E-state index in [1.807, 2.05) is 49.4 Å². The highest BCUT2D eigenvalue weighted by Crippen LogP contribution is 2.34. The van der Waals surface area contributed by atoms with E-state index in [4.69, 9.17) is 8.94 Å². The molecule has 0 aliphatic carbocycles. The summed E-state index contributed by atoms with van der Waals surface area (Å²) in [5.41, 5.74) is 2.40. The van der Waals surface area contributed by atoms with Gasteiger partial charge in [0.25, 0.3) is 5.89 Å². The van der Waals surface area contributed by atoms with E-state index in [1.54, 1.807) is 11.8 Å². The fourth-order valence-corrected chi connectivity index (χ4v) is 4.01. The topological polar surface area (TPSA) is 65.0 Å². The summed E-state index contributed by atoms with van der Waals surface area (Å²) in [5.74, 6) is 2.24. The standard InChI is InChI=1S/C23H17N3O2S/c1-15-21(22(26-28-15)17-8-3-2-4-9-17)23-25-24-20(27-23)14-29-19-12-11-16-7-5-6-10-18(16)13-19/h2-13H,14H2,1H3. The summed E-state index contributed by atoms with van der Waals surface area (Å²) >= 11 is 1.67. The van der Waals surface area contributed by atoms with Crippen molar-refractivity contribution in [2.45, 2.75) is 17.6 Å². The number of rotatable bonds is 5. The van der Waals surface area contributed by atoms with E-state index in [0.29, 0.717) is 29.0 Å². The highest BCUT2D eigenvalue weighted by Gasteiger charge is 2.21. The van der Waals surface area contributed by atoms with Gasteiger partial charge in [-0.05, 0) is 29.8 Å². The first-order chi connectivity index (χ1) is 14.3. The van der Waals surface area contributed by atoms with E-state index >= 15 is 0 Å². The molecule has 5 nitrogen and oxygen atoms in total. The van der Waals surface area contributed by atoms with Crippen molar-refractivity contribution < 1.29 is 8.94 Å². The molecule has 0 aliphatic heterocycles. The van der Waals surface area contributed by atoms with Gasteiger partial charge in [-0.1, -0.05) is 65.8 Å². The maximum absolute atomic E-state index is 5.94. The van der Waals surface area contributed by atoms with Gasteiger partial charge in [0, 0.05) is 10.5 Å². The van der Waals surface area contributed by atoms with Crippen LogP contribution in [0.2, 0.25) is 0 Å². The minimum atomic E-state index is 0.428. The molecule has 0 saturated carbocycles. The predicted molar refractivity (Wildman–Crippen MR) is 113 cm³/mol. The van der Waals surface area contributed by atoms with E-state index < -0.39 is 0 Å². The zero-order valence-corrected chi connectivity index (χ0v) is 16.5. The summed E-state index contributed by atoms with van der Waals surface area (Å²) in [6.07, 6.45) is 0. The minimum Gasteiger partial charge on any atom is -0.420 e. The lowest BCUT2D eigenvalue weighted by Crippen LogP contribution is -1.84. The van der Waals surface area contributed by atoms with Gasteiger partial charge in [0.1, 0.15) is 17.0 Å². The number of fused-ring (bicyclic) bond motifs is 1. The van der Waals surface area contributed by atoms with E-state index in [2.05, 4.69) is 45.7 Å². The Balaban J connectivity index is 1.38. The van der Waals surface area contributed by atoms with Crippen LogP contribution in [0.1, 0.15) is 11.7 Å². The first kappa shape index (κ1) is 17.7. The lowest BCUT2D eigenvalue weighted by Gasteiger charge is -2.02. The Morgan fingerprint density at radius 2 is 1.66 bits per heavy atom. The Hall–Kier alpha value is -3.38. The van der Waals surface area contributed by atoms with Crippen LogP contribution in [0.25, 0.3) is 33.5 Å². The zero-order valence-electron chi connectivity index (χ0n) is 15.7. The Labute approximate surface area is 171 Å². The molecule has 29 heavy (non-hydrogen) atoms. The molecule has 0 fully saturated rings. The van der Waals surface area contributed by atoms with Crippen molar-refractivity contribution in [3.8, 4) is 22.7 Å². The summed E-state index contributed by atoms with van der Waals surface area (Å²) in [6.45, 7) is 1.85. The summed E-state index contributed by atoms with van der Waals surface area (Å²) in [6, 6.07) is 24.6. The van der Waals surface area contributed by atoms with Crippen LogP contribution in [0.4, 0.5) is 0 Å². The van der Waals surface area contributed by atoms with Crippen molar-refractivity contribution in [3.05, 3.63) is 84.4 Å². The maximum atomic E-state index is 5.94. The summed E-state index contributed by atoms with van der Waals surface area (Å²) in [5, 5.41) is 15.1. The van der Waals surface area contributed by atoms with Crippen molar-refractivity contribution in [1.29, 1.82) is 0 Å². The van der Waals surface area contributed by atoms with E-state index in [0.717, 1.165) is 16.0 Å². The fraction of sp³-hybridized carbons (Fsp3) is 0.0870. The third-order valence-electron chi connectivity index (χ3n) is 4.67. The van der Waals surface area contributed by atoms with Gasteiger partial charge in [0.05, 0.1) is 5.75 Å². The number of nitrogens with zero attached hydrogens (tertiary/aromatic N) is 3. The van der Waals surface area contributed by atoms with Crippen molar-refractivity contribution in [2.24, 2.45) is 0 Å². The van der Waals surface area contributed by atoms with Crippen LogP contribution in [0.3, 0.4) is 0 Å². The normalized spacial score (nSPS) is 11.2. The molecule has 0 saturated heterocycles. The number of hydrogen-bond acceptors (Lipinski definition) is 6. The largest absolute Gasteiger partial charge is 0.420 e. The molecule has 5 aromatic rings. The first-order valence-corrected chi connectivity index (χ1v) is 10.2. The average molecular weight is 399 g/mol. The molecule has 142 valence electrons. The van der Waals surface area contributed by atoms with Gasteiger partial charge in [-0.25, -0.2) is 0 Å². The second kappa shape index (κ2) is 7.56. The van der Waals surface area contributed by atoms with Crippen LogP contribution in [-0.4, -0.2) is 15.4 Å². The average Bonchev–Trinajstić information content (AvgIpc) is 3.39. The van der Waals surface area contributed by atoms with Gasteiger partial charge in [0.2, 0.25) is 5.89 Å². The van der Waals surface area contributed by atoms with Crippen molar-refractivity contribution in [1.82, 2.24) is 15.4 Å². The molecule has 5 rings (SSSR count). The molecular weight excluding hydrogens is 382 g/mol. The first-order valence-electron chi connectivity index (χ1n) is 9.24. The molecule has 0 atom stereocenters. The van der Waals surface area contributed by atoms with Crippen LogP contribution >= 0.6 is 11.8 Å². The zero-order chi connectivity index (χ0) is 19.6. The van der Waals surface area contributed by atoms with Gasteiger partial charge >= 0.3 is 0 Å². The Bertz CT molecular complexity index is 1280. The van der Waals surface area contributed by atoms with Crippen LogP contribution in [0.15, 0.2) is 86.6 Å². The predicted octanol–water partition coefficient (Wildman–Crippen LogP) is 6.15. The van der Waals surface area contributed by atoms with Crippen LogP contribution in [0, 0.1) is 6.92 Å². The molecule has 3 aromatic carbocycles. The maximum Gasteiger partial charge on any atom is 0.253 e. The smallest absolute Gasteiger partial charge is 0.253 e. The van der Waals surface area contributed by atoms with Gasteiger partial charge in [-0.15, -0.1) is 22.0 Å². The number of aromatic nitrogens is 3. The molecule has 0 radical (unpaired) electrons. The molecule has 2 heterocycles. The van der Waals surface area contributed by atoms with E-state index in [-0.39, 0.29) is 0 Å². The highest BCUT2D eigenvalue weighted by atomic mass is 32.2. The van der Waals surface area contributed by atoms with Gasteiger partial charge in [0.15, 0.2) is 0 Å². The molecule has 0 bridgehead atoms. The Kier molecular flexibility index (Phi) is 4.62. The second-order valence-corrected chi connectivity index (χ2v) is 7.68. The monoisotopic (exact) mass is 399 g/mol. The van der Waals surface area contributed by atoms with Crippen molar-refractivity contribution in [3.63, 3.8) is 0 Å². The third kappa shape index (κ3) is 3.54. The van der Waals surface area contributed by atoms with E-state index in [1.165, 1.54) is 10.8 Å². The lowest BCUT2D eigenvalue weighted by atomic mass is 10.1. The van der Waals surface area contributed by atoms with Crippen molar-refractivity contribution >= 4 is 22.5 Å². The van der Waals surface area contributed by atoms with Gasteiger partial charge in [-0.3, -0.25) is 0 Å². The molecule has 0 spiro atoms. The summed E-state index contributed by atoms with van der Waals surface area (Å²) in [4.78, 5) is 1.16. The second-order valence-electron chi connectivity index (χ2n) is 6.63. The lowest BCUT2D eigenvalue weighted by molar-refractivity contribution is 0.399. The molecule has 0 unspecified atom stereocenters. The molecular formula is C23H17N3O2S. The highest BCUT2D eigenvalue weighted by molar-refractivity contribution is 7.98. The van der Waals surface area contributed by atoms with Crippen LogP contribution < -0.4 is 0 Å². The fourth-order valence-electron chi connectivity index (χ4n) is 3.23. The Morgan fingerprint density at radius 1 is 0.862 bits per heavy atom.